The second-order valence-corrected chi connectivity index (χ2v) is 11.8. The van der Waals surface area contributed by atoms with Crippen molar-refractivity contribution >= 4 is 17.7 Å². The lowest BCUT2D eigenvalue weighted by Crippen LogP contribution is -2.54. The lowest BCUT2D eigenvalue weighted by atomic mass is 9.82. The standard InChI is InChI=1S/C33H48N4O4/c1-3-10-28(33(41)37-29(22-25-13-8-5-9-14-25)30(38)19-23(2)31(34)39)36-32(40)27(20-24-11-6-4-7-12-24)21-26-15-17-35-18-16-26/h4,6-7,11-12,15-18,23,25,27-30,38H,3,5,8-10,13-14,19-22H2,1-2H3,(H2,34,39)(H,36,40)(H,37,41)/t23-,27?,28+,29+,30+/m1/s1. The van der Waals surface area contributed by atoms with Crippen LogP contribution in [0.5, 0.6) is 0 Å². The van der Waals surface area contributed by atoms with Crippen molar-refractivity contribution in [2.75, 3.05) is 0 Å². The summed E-state index contributed by atoms with van der Waals surface area (Å²) in [6.45, 7) is 3.68. The third-order valence-electron chi connectivity index (χ3n) is 8.32. The fraction of sp³-hybridized carbons (Fsp3) is 0.576. The highest BCUT2D eigenvalue weighted by molar-refractivity contribution is 5.89. The minimum atomic E-state index is -0.904. The SMILES string of the molecule is CCC[C@H](NC(=O)C(Cc1ccccc1)Cc1ccncc1)C(=O)N[C@@H](CC1CCCCC1)[C@@H](O)C[C@@H](C)C(N)=O. The van der Waals surface area contributed by atoms with Crippen LogP contribution in [-0.2, 0) is 27.2 Å². The molecule has 5 atom stereocenters. The van der Waals surface area contributed by atoms with Gasteiger partial charge in [-0.05, 0) is 61.3 Å². The van der Waals surface area contributed by atoms with Crippen molar-refractivity contribution in [3.63, 3.8) is 0 Å². The van der Waals surface area contributed by atoms with Gasteiger partial charge in [-0.1, -0.05) is 82.7 Å². The Morgan fingerprint density at radius 1 is 0.951 bits per heavy atom. The van der Waals surface area contributed by atoms with Crippen LogP contribution in [0.3, 0.4) is 0 Å². The van der Waals surface area contributed by atoms with Crippen molar-refractivity contribution < 1.29 is 19.5 Å². The molecule has 224 valence electrons. The number of benzene rings is 1. The predicted octanol–water partition coefficient (Wildman–Crippen LogP) is 4.10. The van der Waals surface area contributed by atoms with Gasteiger partial charge in [0.15, 0.2) is 0 Å². The van der Waals surface area contributed by atoms with Crippen LogP contribution in [0, 0.1) is 17.8 Å². The summed E-state index contributed by atoms with van der Waals surface area (Å²) in [6, 6.07) is 12.5. The van der Waals surface area contributed by atoms with Gasteiger partial charge in [0.2, 0.25) is 17.7 Å². The van der Waals surface area contributed by atoms with E-state index in [1.54, 1.807) is 19.3 Å². The summed E-state index contributed by atoms with van der Waals surface area (Å²) in [5.41, 5.74) is 7.52. The first-order chi connectivity index (χ1) is 19.8. The molecule has 1 aliphatic carbocycles. The molecule has 5 N–H and O–H groups in total. The highest BCUT2D eigenvalue weighted by atomic mass is 16.3. The minimum absolute atomic E-state index is 0.175. The van der Waals surface area contributed by atoms with Crippen LogP contribution < -0.4 is 16.4 Å². The average Bonchev–Trinajstić information content (AvgIpc) is 2.97. The van der Waals surface area contributed by atoms with E-state index in [-0.39, 0.29) is 24.2 Å². The van der Waals surface area contributed by atoms with Gasteiger partial charge in [0.05, 0.1) is 12.1 Å². The van der Waals surface area contributed by atoms with Gasteiger partial charge in [0, 0.05) is 24.2 Å². The van der Waals surface area contributed by atoms with E-state index >= 15 is 0 Å². The fourth-order valence-electron chi connectivity index (χ4n) is 5.83. The minimum Gasteiger partial charge on any atom is -0.391 e. The number of carbonyl (C=O) groups is 3. The van der Waals surface area contributed by atoms with E-state index in [0.717, 1.165) is 36.8 Å². The van der Waals surface area contributed by atoms with E-state index in [2.05, 4.69) is 15.6 Å². The van der Waals surface area contributed by atoms with Crippen LogP contribution in [0.4, 0.5) is 0 Å². The number of hydrogen-bond donors (Lipinski definition) is 4. The number of aliphatic hydroxyl groups excluding tert-OH is 1. The molecule has 3 rings (SSSR count). The average molecular weight is 565 g/mol. The molecule has 1 aliphatic rings. The topological polar surface area (TPSA) is 134 Å². The molecule has 0 aliphatic heterocycles. The Kier molecular flexibility index (Phi) is 13.3. The molecule has 1 fully saturated rings. The largest absolute Gasteiger partial charge is 0.391 e. The van der Waals surface area contributed by atoms with Gasteiger partial charge in [0.1, 0.15) is 6.04 Å². The normalized spacial score (nSPS) is 17.5. The van der Waals surface area contributed by atoms with Crippen molar-refractivity contribution in [1.82, 2.24) is 15.6 Å². The van der Waals surface area contributed by atoms with Gasteiger partial charge in [-0.15, -0.1) is 0 Å². The molecule has 0 spiro atoms. The Hall–Kier alpha value is -3.26. The quantitative estimate of drug-likeness (QED) is 0.244. The first-order valence-electron chi connectivity index (χ1n) is 15.3. The van der Waals surface area contributed by atoms with Gasteiger partial charge in [-0.2, -0.15) is 0 Å². The number of nitrogens with two attached hydrogens (primary N) is 1. The Labute approximate surface area is 244 Å². The molecule has 1 saturated carbocycles. The zero-order valence-corrected chi connectivity index (χ0v) is 24.6. The second-order valence-electron chi connectivity index (χ2n) is 11.8. The summed E-state index contributed by atoms with van der Waals surface area (Å²) in [5.74, 6) is -1.41. The number of aliphatic hydroxyl groups is 1. The Morgan fingerprint density at radius 3 is 2.20 bits per heavy atom. The first-order valence-corrected chi connectivity index (χ1v) is 15.3. The van der Waals surface area contributed by atoms with Crippen molar-refractivity contribution in [1.29, 1.82) is 0 Å². The number of amides is 3. The van der Waals surface area contributed by atoms with Crippen molar-refractivity contribution in [2.45, 2.75) is 103 Å². The van der Waals surface area contributed by atoms with Crippen LogP contribution in [0.1, 0.15) is 82.8 Å². The van der Waals surface area contributed by atoms with Gasteiger partial charge in [-0.3, -0.25) is 19.4 Å². The van der Waals surface area contributed by atoms with Crippen LogP contribution in [0.2, 0.25) is 0 Å². The summed E-state index contributed by atoms with van der Waals surface area (Å²) in [5, 5.41) is 17.2. The maximum atomic E-state index is 13.7. The summed E-state index contributed by atoms with van der Waals surface area (Å²) in [6.07, 6.45) is 11.3. The van der Waals surface area contributed by atoms with E-state index in [4.69, 9.17) is 5.73 Å². The van der Waals surface area contributed by atoms with E-state index < -0.39 is 30.0 Å². The zero-order chi connectivity index (χ0) is 29.6. The van der Waals surface area contributed by atoms with Crippen LogP contribution in [0.15, 0.2) is 54.9 Å². The van der Waals surface area contributed by atoms with Crippen molar-refractivity contribution in [3.8, 4) is 0 Å². The lowest BCUT2D eigenvalue weighted by molar-refractivity contribution is -0.132. The molecule has 41 heavy (non-hydrogen) atoms. The number of primary amides is 1. The number of carbonyl (C=O) groups excluding carboxylic acids is 3. The second kappa shape index (κ2) is 16.9. The predicted molar refractivity (Wildman–Crippen MR) is 161 cm³/mol. The molecule has 3 amide bonds. The summed E-state index contributed by atoms with van der Waals surface area (Å²) in [4.78, 5) is 43.1. The van der Waals surface area contributed by atoms with Crippen LogP contribution in [0.25, 0.3) is 0 Å². The molecule has 1 unspecified atom stereocenters. The number of nitrogens with zero attached hydrogens (tertiary/aromatic N) is 1. The molecule has 2 aromatic rings. The molecule has 1 aromatic heterocycles. The molecule has 0 saturated heterocycles. The van der Waals surface area contributed by atoms with Gasteiger partial charge >= 0.3 is 0 Å². The number of nitrogens with one attached hydrogen (secondary N) is 2. The first kappa shape index (κ1) is 32.3. The Bertz CT molecular complexity index is 1030. The zero-order valence-electron chi connectivity index (χ0n) is 24.6. The smallest absolute Gasteiger partial charge is 0.242 e. The maximum absolute atomic E-state index is 13.7. The maximum Gasteiger partial charge on any atom is 0.242 e. The highest BCUT2D eigenvalue weighted by Gasteiger charge is 2.32. The molecular weight excluding hydrogens is 516 g/mol. The molecule has 8 heteroatoms. The third kappa shape index (κ3) is 10.9. The fourth-order valence-corrected chi connectivity index (χ4v) is 5.83. The van der Waals surface area contributed by atoms with Crippen molar-refractivity contribution in [3.05, 3.63) is 66.0 Å². The van der Waals surface area contributed by atoms with Crippen LogP contribution >= 0.6 is 0 Å². The summed E-state index contributed by atoms with van der Waals surface area (Å²) >= 11 is 0. The number of pyridine rings is 1. The summed E-state index contributed by atoms with van der Waals surface area (Å²) in [7, 11) is 0. The molecule has 8 nitrogen and oxygen atoms in total. The molecule has 0 bridgehead atoms. The van der Waals surface area contributed by atoms with Crippen LogP contribution in [-0.4, -0.2) is 46.0 Å². The number of rotatable bonds is 16. The third-order valence-corrected chi connectivity index (χ3v) is 8.32. The van der Waals surface area contributed by atoms with Crippen molar-refractivity contribution in [2.24, 2.45) is 23.5 Å². The Balaban J connectivity index is 1.74. The van der Waals surface area contributed by atoms with E-state index in [1.807, 2.05) is 49.4 Å². The molecule has 1 heterocycles. The van der Waals surface area contributed by atoms with E-state index in [0.29, 0.717) is 38.0 Å². The summed E-state index contributed by atoms with van der Waals surface area (Å²) < 4.78 is 0. The number of hydrogen-bond acceptors (Lipinski definition) is 5. The monoisotopic (exact) mass is 564 g/mol. The number of aromatic nitrogens is 1. The lowest BCUT2D eigenvalue weighted by Gasteiger charge is -2.32. The van der Waals surface area contributed by atoms with E-state index in [1.165, 1.54) is 6.42 Å². The van der Waals surface area contributed by atoms with Gasteiger partial charge in [-0.25, -0.2) is 0 Å². The highest BCUT2D eigenvalue weighted by Crippen LogP contribution is 2.29. The Morgan fingerprint density at radius 2 is 1.59 bits per heavy atom. The molecular formula is C33H48N4O4. The van der Waals surface area contributed by atoms with Gasteiger partial charge < -0.3 is 21.5 Å². The van der Waals surface area contributed by atoms with Gasteiger partial charge in [0.25, 0.3) is 0 Å². The van der Waals surface area contributed by atoms with E-state index in [9.17, 15) is 19.5 Å². The molecule has 0 radical (unpaired) electrons. The molecule has 1 aromatic carbocycles.